The highest BCUT2D eigenvalue weighted by Gasteiger charge is 2.30. The van der Waals surface area contributed by atoms with E-state index in [4.69, 9.17) is 9.63 Å². The number of aromatic nitrogens is 2. The van der Waals surface area contributed by atoms with Crippen molar-refractivity contribution in [3.05, 3.63) is 33.7 Å². The van der Waals surface area contributed by atoms with E-state index in [1.165, 1.54) is 4.90 Å². The summed E-state index contributed by atoms with van der Waals surface area (Å²) < 4.78 is 6.42. The van der Waals surface area contributed by atoms with Gasteiger partial charge in [0, 0.05) is 22.2 Å². The van der Waals surface area contributed by atoms with Gasteiger partial charge in [-0.25, -0.2) is 4.79 Å². The Hall–Kier alpha value is -1.64. The minimum Gasteiger partial charge on any atom is -0.465 e. The fourth-order valence-electron chi connectivity index (χ4n) is 2.25. The number of nitrogens with zero attached hydrogens (tertiary/aromatic N) is 3. The van der Waals surface area contributed by atoms with Crippen LogP contribution in [0.5, 0.6) is 0 Å². The second-order valence-corrected chi connectivity index (χ2v) is 5.92. The molecule has 0 radical (unpaired) electrons. The summed E-state index contributed by atoms with van der Waals surface area (Å²) in [7, 11) is 0. The molecular formula is C13H12IN3O3. The number of hydrogen-bond acceptors (Lipinski definition) is 4. The summed E-state index contributed by atoms with van der Waals surface area (Å²) in [6.07, 6.45) is -0.175. The molecule has 1 saturated heterocycles. The van der Waals surface area contributed by atoms with Crippen LogP contribution in [0.2, 0.25) is 0 Å². The van der Waals surface area contributed by atoms with E-state index in [1.807, 2.05) is 24.3 Å². The van der Waals surface area contributed by atoms with Crippen LogP contribution in [0.15, 0.2) is 28.8 Å². The zero-order valence-electron chi connectivity index (χ0n) is 10.5. The molecule has 1 aliphatic rings. The van der Waals surface area contributed by atoms with Crippen molar-refractivity contribution in [2.24, 2.45) is 0 Å². The van der Waals surface area contributed by atoms with Crippen LogP contribution in [0.1, 0.15) is 18.2 Å². The van der Waals surface area contributed by atoms with Crippen LogP contribution in [0.4, 0.5) is 4.79 Å². The van der Waals surface area contributed by atoms with Crippen LogP contribution in [0, 0.1) is 3.57 Å². The Kier molecular flexibility index (Phi) is 3.60. The number of carboxylic acid groups (broad SMARTS) is 1. The number of hydrogen-bond donors (Lipinski definition) is 1. The van der Waals surface area contributed by atoms with Crippen molar-refractivity contribution in [1.29, 1.82) is 0 Å². The maximum atomic E-state index is 10.9. The molecule has 1 atom stereocenters. The van der Waals surface area contributed by atoms with Crippen LogP contribution >= 0.6 is 22.6 Å². The van der Waals surface area contributed by atoms with E-state index < -0.39 is 6.09 Å². The molecule has 1 unspecified atom stereocenters. The Labute approximate surface area is 128 Å². The first-order chi connectivity index (χ1) is 9.63. The highest BCUT2D eigenvalue weighted by molar-refractivity contribution is 14.1. The zero-order valence-corrected chi connectivity index (χ0v) is 12.6. The predicted molar refractivity (Wildman–Crippen MR) is 79.4 cm³/mol. The molecule has 1 fully saturated rings. The summed E-state index contributed by atoms with van der Waals surface area (Å²) in [4.78, 5) is 16.7. The summed E-state index contributed by atoms with van der Waals surface area (Å²) in [5.41, 5.74) is 0.897. The monoisotopic (exact) mass is 385 g/mol. The molecule has 0 saturated carbocycles. The summed E-state index contributed by atoms with van der Waals surface area (Å²) >= 11 is 2.23. The summed E-state index contributed by atoms with van der Waals surface area (Å²) in [6, 6.07) is 7.84. The van der Waals surface area contributed by atoms with Crippen molar-refractivity contribution in [3.63, 3.8) is 0 Å². The molecule has 20 heavy (non-hydrogen) atoms. The van der Waals surface area contributed by atoms with Crippen molar-refractivity contribution in [3.8, 4) is 11.4 Å². The Morgan fingerprint density at radius 1 is 1.40 bits per heavy atom. The Bertz CT molecular complexity index is 626. The van der Waals surface area contributed by atoms with Crippen molar-refractivity contribution < 1.29 is 14.4 Å². The van der Waals surface area contributed by atoms with Crippen LogP contribution in [-0.2, 0) is 0 Å². The van der Waals surface area contributed by atoms with Crippen LogP contribution in [0.3, 0.4) is 0 Å². The van der Waals surface area contributed by atoms with Crippen molar-refractivity contribution in [2.75, 3.05) is 13.1 Å². The molecule has 6 nitrogen and oxygen atoms in total. The van der Waals surface area contributed by atoms with Gasteiger partial charge in [-0.3, -0.25) is 0 Å². The van der Waals surface area contributed by atoms with Crippen LogP contribution < -0.4 is 0 Å². The highest BCUT2D eigenvalue weighted by atomic mass is 127. The van der Waals surface area contributed by atoms with Gasteiger partial charge in [0.05, 0.1) is 5.92 Å². The molecule has 1 aromatic heterocycles. The predicted octanol–water partition coefficient (Wildman–Crippen LogP) is 2.81. The topological polar surface area (TPSA) is 79.5 Å². The third-order valence-electron chi connectivity index (χ3n) is 3.35. The Morgan fingerprint density at radius 3 is 2.80 bits per heavy atom. The van der Waals surface area contributed by atoms with Gasteiger partial charge >= 0.3 is 6.09 Å². The fourth-order valence-corrected chi connectivity index (χ4v) is 2.61. The summed E-state index contributed by atoms with van der Waals surface area (Å²) in [5, 5.41) is 12.9. The molecular weight excluding hydrogens is 373 g/mol. The number of amides is 1. The fraction of sp³-hybridized carbons (Fsp3) is 0.308. The number of benzene rings is 1. The molecule has 7 heteroatoms. The van der Waals surface area contributed by atoms with Crippen molar-refractivity contribution in [2.45, 2.75) is 12.3 Å². The average molecular weight is 385 g/mol. The second kappa shape index (κ2) is 5.39. The van der Waals surface area contributed by atoms with Crippen LogP contribution in [-0.4, -0.2) is 39.3 Å². The first-order valence-electron chi connectivity index (χ1n) is 6.21. The molecule has 2 heterocycles. The molecule has 0 aliphatic carbocycles. The Balaban J connectivity index is 1.77. The summed E-state index contributed by atoms with van der Waals surface area (Å²) in [6.45, 7) is 0.935. The minimum atomic E-state index is -0.898. The number of likely N-dealkylation sites (tertiary alicyclic amines) is 1. The molecule has 1 N–H and O–H groups in total. The molecule has 1 aromatic carbocycles. The van der Waals surface area contributed by atoms with Gasteiger partial charge in [-0.1, -0.05) is 17.3 Å². The van der Waals surface area contributed by atoms with Gasteiger partial charge in [-0.2, -0.15) is 4.98 Å². The first-order valence-corrected chi connectivity index (χ1v) is 7.29. The van der Waals surface area contributed by atoms with Gasteiger partial charge in [0.25, 0.3) is 0 Å². The lowest BCUT2D eigenvalue weighted by atomic mass is 10.1. The third-order valence-corrected chi connectivity index (χ3v) is 4.07. The van der Waals surface area contributed by atoms with Gasteiger partial charge in [0.2, 0.25) is 11.7 Å². The quantitative estimate of drug-likeness (QED) is 0.805. The van der Waals surface area contributed by atoms with E-state index in [0.717, 1.165) is 15.6 Å². The zero-order chi connectivity index (χ0) is 14.1. The highest BCUT2D eigenvalue weighted by Crippen LogP contribution is 2.27. The van der Waals surface area contributed by atoms with Crippen LogP contribution in [0.25, 0.3) is 11.4 Å². The number of carbonyl (C=O) groups is 1. The van der Waals surface area contributed by atoms with Gasteiger partial charge < -0.3 is 14.5 Å². The van der Waals surface area contributed by atoms with Gasteiger partial charge in [0.1, 0.15) is 0 Å². The lowest BCUT2D eigenvalue weighted by Crippen LogP contribution is -2.26. The number of halogens is 1. The molecule has 1 aliphatic heterocycles. The third kappa shape index (κ3) is 2.62. The van der Waals surface area contributed by atoms with E-state index in [1.54, 1.807) is 0 Å². The minimum absolute atomic E-state index is 0.00352. The van der Waals surface area contributed by atoms with E-state index in [9.17, 15) is 4.79 Å². The average Bonchev–Trinajstić information content (AvgIpc) is 3.08. The first kappa shape index (κ1) is 13.3. The van der Waals surface area contributed by atoms with Crippen molar-refractivity contribution in [1.82, 2.24) is 15.0 Å². The van der Waals surface area contributed by atoms with E-state index in [-0.39, 0.29) is 5.92 Å². The van der Waals surface area contributed by atoms with Crippen molar-refractivity contribution >= 4 is 28.7 Å². The largest absolute Gasteiger partial charge is 0.465 e. The Morgan fingerprint density at radius 2 is 2.15 bits per heavy atom. The maximum absolute atomic E-state index is 10.9. The van der Waals surface area contributed by atoms with Gasteiger partial charge in [-0.05, 0) is 41.1 Å². The normalized spacial score (nSPS) is 18.4. The maximum Gasteiger partial charge on any atom is 0.407 e. The van der Waals surface area contributed by atoms with E-state index >= 15 is 0 Å². The smallest absolute Gasteiger partial charge is 0.407 e. The molecule has 0 bridgehead atoms. The molecule has 2 aromatic rings. The SMILES string of the molecule is O=C(O)N1CCC(c2nc(-c3ccc(I)cc3)no2)C1. The second-order valence-electron chi connectivity index (χ2n) is 4.68. The molecule has 0 spiro atoms. The van der Waals surface area contributed by atoms with Gasteiger partial charge in [-0.15, -0.1) is 0 Å². The number of rotatable bonds is 2. The van der Waals surface area contributed by atoms with E-state index in [2.05, 4.69) is 32.7 Å². The van der Waals surface area contributed by atoms with E-state index in [0.29, 0.717) is 24.8 Å². The summed E-state index contributed by atoms with van der Waals surface area (Å²) in [5.74, 6) is 1.06. The molecule has 104 valence electrons. The lowest BCUT2D eigenvalue weighted by molar-refractivity contribution is 0.154. The molecule has 3 rings (SSSR count). The van der Waals surface area contributed by atoms with Gasteiger partial charge in [0.15, 0.2) is 0 Å². The molecule has 1 amide bonds. The standard InChI is InChI=1S/C13H12IN3O3/c14-10-3-1-8(2-4-10)11-15-12(20-16-11)9-5-6-17(7-9)13(18)19/h1-4,9H,5-7H2,(H,18,19). The lowest BCUT2D eigenvalue weighted by Gasteiger charge is -2.09.